The molecule has 0 saturated heterocycles. The number of benzene rings is 1. The number of aromatic nitrogens is 3. The third-order valence-electron chi connectivity index (χ3n) is 4.35. The number of para-hydroxylation sites is 1. The summed E-state index contributed by atoms with van der Waals surface area (Å²) in [7, 11) is 0. The Labute approximate surface area is 145 Å². The van der Waals surface area contributed by atoms with Gasteiger partial charge in [0.15, 0.2) is 0 Å². The van der Waals surface area contributed by atoms with Gasteiger partial charge in [0.2, 0.25) is 0 Å². The standard InChI is InChI=1S/C19H18N4O2/c1-13-3-2-4-15-16(6-10-25-18(13)15)22-19(24)14-5-7-21-17(11-14)23-9-8-20-12-23/h2-5,7-9,11-12,16H,6,10H2,1H3,(H,22,24)/t16-/m0/s1. The van der Waals surface area contributed by atoms with Gasteiger partial charge in [0.05, 0.1) is 12.6 Å². The molecule has 3 aromatic rings. The monoisotopic (exact) mass is 334 g/mol. The van der Waals surface area contributed by atoms with E-state index in [0.717, 1.165) is 23.3 Å². The summed E-state index contributed by atoms with van der Waals surface area (Å²) in [5.41, 5.74) is 2.69. The molecule has 1 atom stereocenters. The number of ether oxygens (including phenoxy) is 1. The van der Waals surface area contributed by atoms with Crippen LogP contribution in [-0.4, -0.2) is 27.0 Å². The van der Waals surface area contributed by atoms with Gasteiger partial charge >= 0.3 is 0 Å². The fourth-order valence-corrected chi connectivity index (χ4v) is 3.07. The van der Waals surface area contributed by atoms with Crippen molar-refractivity contribution in [2.24, 2.45) is 0 Å². The van der Waals surface area contributed by atoms with Crippen molar-refractivity contribution in [2.75, 3.05) is 6.61 Å². The van der Waals surface area contributed by atoms with E-state index in [1.165, 1.54) is 0 Å². The molecule has 1 aromatic carbocycles. The second-order valence-electron chi connectivity index (χ2n) is 6.03. The first kappa shape index (κ1) is 15.4. The minimum absolute atomic E-state index is 0.0546. The molecule has 0 fully saturated rings. The molecule has 4 rings (SSSR count). The number of nitrogens with zero attached hydrogens (tertiary/aromatic N) is 3. The molecule has 0 unspecified atom stereocenters. The molecule has 3 heterocycles. The summed E-state index contributed by atoms with van der Waals surface area (Å²) in [5, 5.41) is 3.12. The lowest BCUT2D eigenvalue weighted by molar-refractivity contribution is 0.0924. The number of aryl methyl sites for hydroxylation is 1. The van der Waals surface area contributed by atoms with E-state index >= 15 is 0 Å². The normalized spacial score (nSPS) is 16.0. The highest BCUT2D eigenvalue weighted by Crippen LogP contribution is 2.34. The van der Waals surface area contributed by atoms with Crippen LogP contribution in [0.25, 0.3) is 5.82 Å². The van der Waals surface area contributed by atoms with E-state index in [4.69, 9.17) is 4.74 Å². The Morgan fingerprint density at radius 2 is 2.24 bits per heavy atom. The lowest BCUT2D eigenvalue weighted by atomic mass is 9.97. The average molecular weight is 334 g/mol. The number of carbonyl (C=O) groups excluding carboxylic acids is 1. The predicted octanol–water partition coefficient (Wildman–Crippen LogP) is 2.83. The molecule has 0 aliphatic carbocycles. The van der Waals surface area contributed by atoms with E-state index < -0.39 is 0 Å². The topological polar surface area (TPSA) is 69.0 Å². The molecule has 6 heteroatoms. The first-order valence-electron chi connectivity index (χ1n) is 8.20. The smallest absolute Gasteiger partial charge is 0.251 e. The molecule has 6 nitrogen and oxygen atoms in total. The molecule has 126 valence electrons. The molecule has 1 aliphatic rings. The van der Waals surface area contributed by atoms with Crippen molar-refractivity contribution in [3.8, 4) is 11.6 Å². The second kappa shape index (κ2) is 6.39. The number of pyridine rings is 1. The quantitative estimate of drug-likeness (QED) is 0.800. The maximum Gasteiger partial charge on any atom is 0.251 e. The fourth-order valence-electron chi connectivity index (χ4n) is 3.07. The maximum absolute atomic E-state index is 12.7. The third-order valence-corrected chi connectivity index (χ3v) is 4.35. The Balaban J connectivity index is 1.58. The summed E-state index contributed by atoms with van der Waals surface area (Å²) in [4.78, 5) is 21.0. The van der Waals surface area contributed by atoms with Gasteiger partial charge in [-0.25, -0.2) is 9.97 Å². The van der Waals surface area contributed by atoms with Crippen molar-refractivity contribution in [3.63, 3.8) is 0 Å². The highest BCUT2D eigenvalue weighted by atomic mass is 16.5. The summed E-state index contributed by atoms with van der Waals surface area (Å²) >= 11 is 0. The fraction of sp³-hybridized carbons (Fsp3) is 0.211. The van der Waals surface area contributed by atoms with Crippen LogP contribution >= 0.6 is 0 Å². The lowest BCUT2D eigenvalue weighted by Gasteiger charge is -2.27. The van der Waals surface area contributed by atoms with Gasteiger partial charge in [0, 0.05) is 36.1 Å². The van der Waals surface area contributed by atoms with E-state index in [-0.39, 0.29) is 11.9 Å². The van der Waals surface area contributed by atoms with Gasteiger partial charge in [0.1, 0.15) is 17.9 Å². The number of hydrogen-bond donors (Lipinski definition) is 1. The zero-order chi connectivity index (χ0) is 17.2. The molecule has 0 radical (unpaired) electrons. The van der Waals surface area contributed by atoms with Gasteiger partial charge in [-0.3, -0.25) is 9.36 Å². The van der Waals surface area contributed by atoms with Crippen molar-refractivity contribution >= 4 is 5.91 Å². The minimum Gasteiger partial charge on any atom is -0.493 e. The number of amides is 1. The molecule has 0 bridgehead atoms. The van der Waals surface area contributed by atoms with E-state index in [0.29, 0.717) is 18.0 Å². The average Bonchev–Trinajstić information content (AvgIpc) is 3.17. The summed E-state index contributed by atoms with van der Waals surface area (Å²) in [5.74, 6) is 1.42. The van der Waals surface area contributed by atoms with Gasteiger partial charge in [-0.2, -0.15) is 0 Å². The van der Waals surface area contributed by atoms with Gasteiger partial charge in [-0.1, -0.05) is 18.2 Å². The Kier molecular flexibility index (Phi) is 3.93. The third kappa shape index (κ3) is 2.98. The predicted molar refractivity (Wildman–Crippen MR) is 92.9 cm³/mol. The van der Waals surface area contributed by atoms with Crippen molar-refractivity contribution < 1.29 is 9.53 Å². The largest absolute Gasteiger partial charge is 0.493 e. The molecule has 2 aromatic heterocycles. The van der Waals surface area contributed by atoms with Gasteiger partial charge in [0.25, 0.3) is 5.91 Å². The lowest BCUT2D eigenvalue weighted by Crippen LogP contribution is -2.32. The van der Waals surface area contributed by atoms with E-state index in [9.17, 15) is 4.79 Å². The number of nitrogens with one attached hydrogen (secondary N) is 1. The molecule has 0 saturated carbocycles. The van der Waals surface area contributed by atoms with Crippen LogP contribution in [0.1, 0.15) is 33.9 Å². The van der Waals surface area contributed by atoms with Crippen molar-refractivity contribution in [3.05, 3.63) is 71.9 Å². The number of hydrogen-bond acceptors (Lipinski definition) is 4. The molecular formula is C19H18N4O2. The first-order valence-corrected chi connectivity index (χ1v) is 8.20. The van der Waals surface area contributed by atoms with Gasteiger partial charge in [-0.05, 0) is 24.6 Å². The van der Waals surface area contributed by atoms with Gasteiger partial charge in [-0.15, -0.1) is 0 Å². The van der Waals surface area contributed by atoms with Crippen molar-refractivity contribution in [2.45, 2.75) is 19.4 Å². The Morgan fingerprint density at radius 1 is 1.32 bits per heavy atom. The molecule has 25 heavy (non-hydrogen) atoms. The zero-order valence-electron chi connectivity index (χ0n) is 13.8. The van der Waals surface area contributed by atoms with Crippen molar-refractivity contribution in [1.82, 2.24) is 19.9 Å². The number of carbonyl (C=O) groups is 1. The highest BCUT2D eigenvalue weighted by Gasteiger charge is 2.24. The van der Waals surface area contributed by atoms with Crippen LogP contribution in [0.5, 0.6) is 5.75 Å². The van der Waals surface area contributed by atoms with Crippen LogP contribution in [0.4, 0.5) is 0 Å². The SMILES string of the molecule is Cc1cccc2c1OCC[C@@H]2NC(=O)c1ccnc(-n2ccnc2)c1. The van der Waals surface area contributed by atoms with E-state index in [2.05, 4.69) is 15.3 Å². The molecule has 1 N–H and O–H groups in total. The van der Waals surface area contributed by atoms with Crippen LogP contribution in [0.3, 0.4) is 0 Å². The molecule has 1 aliphatic heterocycles. The van der Waals surface area contributed by atoms with Gasteiger partial charge < -0.3 is 10.1 Å². The number of fused-ring (bicyclic) bond motifs is 1. The minimum atomic E-state index is -0.122. The molecule has 1 amide bonds. The maximum atomic E-state index is 12.7. The zero-order valence-corrected chi connectivity index (χ0v) is 13.8. The summed E-state index contributed by atoms with van der Waals surface area (Å²) in [6.45, 7) is 2.61. The Bertz CT molecular complexity index is 906. The Morgan fingerprint density at radius 3 is 3.08 bits per heavy atom. The first-order chi connectivity index (χ1) is 12.2. The van der Waals surface area contributed by atoms with E-state index in [1.807, 2.05) is 25.1 Å². The van der Waals surface area contributed by atoms with Crippen LogP contribution in [0.15, 0.2) is 55.2 Å². The van der Waals surface area contributed by atoms with Crippen LogP contribution in [0, 0.1) is 6.92 Å². The molecule has 0 spiro atoms. The molecular weight excluding hydrogens is 316 g/mol. The summed E-state index contributed by atoms with van der Waals surface area (Å²) in [6, 6.07) is 9.44. The van der Waals surface area contributed by atoms with Crippen molar-refractivity contribution in [1.29, 1.82) is 0 Å². The van der Waals surface area contributed by atoms with Crippen LogP contribution < -0.4 is 10.1 Å². The van der Waals surface area contributed by atoms with E-state index in [1.54, 1.807) is 41.6 Å². The number of rotatable bonds is 3. The summed E-state index contributed by atoms with van der Waals surface area (Å²) < 4.78 is 7.54. The highest BCUT2D eigenvalue weighted by molar-refractivity contribution is 5.94. The second-order valence-corrected chi connectivity index (χ2v) is 6.03. The van der Waals surface area contributed by atoms with Crippen LogP contribution in [0.2, 0.25) is 0 Å². The number of imidazole rings is 1. The summed E-state index contributed by atoms with van der Waals surface area (Å²) in [6.07, 6.45) is 7.51. The van der Waals surface area contributed by atoms with Crippen LogP contribution in [-0.2, 0) is 0 Å². The Hall–Kier alpha value is -3.15.